The van der Waals surface area contributed by atoms with Gasteiger partial charge in [-0.1, -0.05) is 42.0 Å². The van der Waals surface area contributed by atoms with E-state index in [0.29, 0.717) is 11.2 Å². The van der Waals surface area contributed by atoms with E-state index in [1.807, 2.05) is 23.5 Å². The van der Waals surface area contributed by atoms with E-state index in [9.17, 15) is 0 Å². The van der Waals surface area contributed by atoms with Crippen molar-refractivity contribution in [1.82, 2.24) is 0 Å². The third kappa shape index (κ3) is 2.09. The molecule has 1 fully saturated rings. The van der Waals surface area contributed by atoms with Gasteiger partial charge in [0.1, 0.15) is 3.41 Å². The molecule has 0 aromatic heterocycles. The molecule has 1 aromatic carbocycles. The number of fused-ring (bicyclic) bond motifs is 1. The molecule has 4 heteroatoms. The maximum atomic E-state index is 2.46. The van der Waals surface area contributed by atoms with Gasteiger partial charge in [-0.25, -0.2) is 0 Å². The van der Waals surface area contributed by atoms with Crippen LogP contribution in [0.3, 0.4) is 0 Å². The maximum absolute atomic E-state index is 2.46. The summed E-state index contributed by atoms with van der Waals surface area (Å²) in [6.07, 6.45) is 9.43. The number of benzene rings is 1. The third-order valence-corrected chi connectivity index (χ3v) is 11.0. The number of hydrogen-bond donors (Lipinski definition) is 0. The molecule has 0 spiro atoms. The minimum Gasteiger partial charge on any atom is -0.133 e. The van der Waals surface area contributed by atoms with E-state index in [4.69, 9.17) is 0 Å². The Morgan fingerprint density at radius 2 is 1.81 bits per heavy atom. The number of aryl methyl sites for hydroxylation is 1. The van der Waals surface area contributed by atoms with E-state index in [-0.39, 0.29) is 3.41 Å². The van der Waals surface area contributed by atoms with Gasteiger partial charge in [-0.15, -0.1) is 47.0 Å². The van der Waals surface area contributed by atoms with Crippen LogP contribution in [-0.4, -0.2) is 26.4 Å². The molecule has 0 N–H and O–H groups in total. The van der Waals surface area contributed by atoms with Crippen molar-refractivity contribution in [3.05, 3.63) is 52.4 Å². The Kier molecular flexibility index (Phi) is 3.72. The van der Waals surface area contributed by atoms with Gasteiger partial charge in [0.15, 0.2) is 0 Å². The van der Waals surface area contributed by atoms with Crippen molar-refractivity contribution in [1.29, 1.82) is 0 Å². The highest BCUT2D eigenvalue weighted by Gasteiger charge is 2.57. The first-order chi connectivity index (χ1) is 10.2. The molecular weight excluding hydrogens is 332 g/mol. The van der Waals surface area contributed by atoms with Gasteiger partial charge in [-0.05, 0) is 29.9 Å². The summed E-state index contributed by atoms with van der Waals surface area (Å²) in [5, 5.41) is 1.44. The van der Waals surface area contributed by atoms with Crippen LogP contribution < -0.4 is 0 Å². The van der Waals surface area contributed by atoms with Crippen molar-refractivity contribution in [3.63, 3.8) is 0 Å². The van der Waals surface area contributed by atoms with Crippen molar-refractivity contribution in [3.8, 4) is 0 Å². The highest BCUT2D eigenvalue weighted by Crippen LogP contribution is 2.72. The van der Waals surface area contributed by atoms with Crippen molar-refractivity contribution < 1.29 is 0 Å². The van der Waals surface area contributed by atoms with Crippen molar-refractivity contribution in [2.24, 2.45) is 5.92 Å². The molecule has 0 saturated carbocycles. The molecule has 2 aliphatic heterocycles. The van der Waals surface area contributed by atoms with Crippen LogP contribution in [0.25, 0.3) is 5.57 Å². The van der Waals surface area contributed by atoms with Crippen molar-refractivity contribution in [2.75, 3.05) is 12.5 Å². The fourth-order valence-electron chi connectivity index (χ4n) is 3.43. The van der Waals surface area contributed by atoms with Gasteiger partial charge in [0.2, 0.25) is 0 Å². The SMILES string of the molecule is CSC1=C(c2ccc(C)cc2)[C@]2(SC)S[C@@H]3[C@@H](C=C[C@@H]13)S2. The van der Waals surface area contributed by atoms with E-state index in [1.54, 1.807) is 10.5 Å². The first-order valence-corrected chi connectivity index (χ1v) is 11.3. The van der Waals surface area contributed by atoms with Crippen LogP contribution in [0.5, 0.6) is 0 Å². The van der Waals surface area contributed by atoms with Crippen LogP contribution in [0.4, 0.5) is 0 Å². The maximum Gasteiger partial charge on any atom is 0.134 e. The van der Waals surface area contributed by atoms with Crippen LogP contribution >= 0.6 is 47.0 Å². The lowest BCUT2D eigenvalue weighted by Crippen LogP contribution is -2.26. The third-order valence-electron chi connectivity index (χ3n) is 4.45. The number of thioether (sulfide) groups is 4. The largest absolute Gasteiger partial charge is 0.134 e. The van der Waals surface area contributed by atoms with E-state index in [1.165, 1.54) is 11.1 Å². The Morgan fingerprint density at radius 3 is 2.48 bits per heavy atom. The van der Waals surface area contributed by atoms with Gasteiger partial charge in [0.25, 0.3) is 0 Å². The van der Waals surface area contributed by atoms with Gasteiger partial charge in [0.05, 0.1) is 0 Å². The topological polar surface area (TPSA) is 0 Å². The molecule has 2 bridgehead atoms. The number of rotatable bonds is 3. The van der Waals surface area contributed by atoms with Crippen LogP contribution in [-0.2, 0) is 0 Å². The molecule has 21 heavy (non-hydrogen) atoms. The zero-order valence-electron chi connectivity index (χ0n) is 12.3. The molecule has 0 nitrogen and oxygen atoms in total. The summed E-state index contributed by atoms with van der Waals surface area (Å²) in [4.78, 5) is 1.60. The van der Waals surface area contributed by atoms with Crippen LogP contribution in [0.1, 0.15) is 11.1 Å². The minimum absolute atomic E-state index is 0.185. The van der Waals surface area contributed by atoms with Gasteiger partial charge < -0.3 is 0 Å². The Bertz CT molecular complexity index is 631. The molecule has 0 unspecified atom stereocenters. The smallest absolute Gasteiger partial charge is 0.133 e. The van der Waals surface area contributed by atoms with Gasteiger partial charge in [0, 0.05) is 22.0 Å². The second kappa shape index (κ2) is 5.33. The molecule has 1 saturated heterocycles. The summed E-state index contributed by atoms with van der Waals surface area (Å²) in [7, 11) is 0. The summed E-state index contributed by atoms with van der Waals surface area (Å²) in [6, 6.07) is 9.13. The molecule has 1 aromatic rings. The number of hydrogen-bond acceptors (Lipinski definition) is 4. The van der Waals surface area contributed by atoms with E-state index in [0.717, 1.165) is 5.25 Å². The normalized spacial score (nSPS) is 36.6. The molecule has 0 radical (unpaired) electrons. The van der Waals surface area contributed by atoms with Crippen LogP contribution in [0.2, 0.25) is 0 Å². The molecule has 1 aliphatic carbocycles. The summed E-state index contributed by atoms with van der Waals surface area (Å²) in [6.45, 7) is 2.17. The van der Waals surface area contributed by atoms with Crippen LogP contribution in [0.15, 0.2) is 41.3 Å². The molecule has 4 atom stereocenters. The lowest BCUT2D eigenvalue weighted by Gasteiger charge is -2.37. The molecule has 3 aliphatic rings. The first kappa shape index (κ1) is 14.7. The highest BCUT2D eigenvalue weighted by molar-refractivity contribution is 8.37. The molecule has 0 amide bonds. The first-order valence-electron chi connectivity index (χ1n) is 7.13. The van der Waals surface area contributed by atoms with Gasteiger partial charge >= 0.3 is 0 Å². The fourth-order valence-corrected chi connectivity index (χ4v) is 10.3. The number of allylic oxidation sites excluding steroid dienone is 2. The summed E-state index contributed by atoms with van der Waals surface area (Å²) < 4.78 is 0.185. The average Bonchev–Trinajstić information content (AvgIpc) is 3.02. The Labute approximate surface area is 144 Å². The van der Waals surface area contributed by atoms with E-state index >= 15 is 0 Å². The highest BCUT2D eigenvalue weighted by atomic mass is 32.3. The monoisotopic (exact) mass is 350 g/mol. The Balaban J connectivity index is 1.93. The van der Waals surface area contributed by atoms with E-state index < -0.39 is 0 Å². The van der Waals surface area contributed by atoms with Crippen LogP contribution in [0, 0.1) is 12.8 Å². The average molecular weight is 351 g/mol. The molecule has 4 rings (SSSR count). The van der Waals surface area contributed by atoms with Gasteiger partial charge in [-0.2, -0.15) is 0 Å². The predicted octanol–water partition coefficient (Wildman–Crippen LogP) is 5.50. The van der Waals surface area contributed by atoms with Crippen molar-refractivity contribution in [2.45, 2.75) is 20.8 Å². The lowest BCUT2D eigenvalue weighted by atomic mass is 9.98. The minimum atomic E-state index is 0.185. The standard InChI is InChI=1S/C17H18S4/c1-10-4-6-11(7-5-10)14-16(18-2)12-8-9-13-15(12)21-17(14,19-3)20-13/h4-9,12-13,15H,1-3H3/t12-,13-,15+,17-/m1/s1. The molecule has 110 valence electrons. The summed E-state index contributed by atoms with van der Waals surface area (Å²) >= 11 is 8.35. The fraction of sp³-hybridized carbons (Fsp3) is 0.412. The lowest BCUT2D eigenvalue weighted by molar-refractivity contribution is 0.795. The Morgan fingerprint density at radius 1 is 1.05 bits per heavy atom. The predicted molar refractivity (Wildman–Crippen MR) is 103 cm³/mol. The zero-order chi connectivity index (χ0) is 14.6. The van der Waals surface area contributed by atoms with Gasteiger partial charge in [-0.3, -0.25) is 0 Å². The quantitative estimate of drug-likeness (QED) is 0.660. The van der Waals surface area contributed by atoms with E-state index in [2.05, 4.69) is 79.4 Å². The molecule has 2 heterocycles. The summed E-state index contributed by atoms with van der Waals surface area (Å²) in [5.74, 6) is 0.626. The molecular formula is C17H18S4. The Hall–Kier alpha value is 0.1000. The zero-order valence-corrected chi connectivity index (χ0v) is 15.6. The van der Waals surface area contributed by atoms with Crippen molar-refractivity contribution >= 4 is 52.6 Å². The summed E-state index contributed by atoms with van der Waals surface area (Å²) in [5.41, 5.74) is 4.33. The second-order valence-corrected chi connectivity index (χ2v) is 11.1. The second-order valence-electron chi connectivity index (χ2n) is 5.65.